The highest BCUT2D eigenvalue weighted by molar-refractivity contribution is 8.18. The smallest absolute Gasteiger partial charge is 0.294 e. The summed E-state index contributed by atoms with van der Waals surface area (Å²) < 4.78 is 5.77. The third-order valence-electron chi connectivity index (χ3n) is 5.58. The highest BCUT2D eigenvalue weighted by atomic mass is 32.2. The molecule has 2 aliphatic rings. The number of piperidine rings is 1. The van der Waals surface area contributed by atoms with Crippen molar-refractivity contribution in [3.05, 3.63) is 74.7 Å². The fourth-order valence-electron chi connectivity index (χ4n) is 3.74. The Morgan fingerprint density at radius 3 is 2.53 bits per heavy atom. The number of thioether (sulfide) groups is 1. The number of carbonyl (C=O) groups excluding carboxylic acids is 3. The number of benzene rings is 2. The van der Waals surface area contributed by atoms with Crippen LogP contribution >= 0.6 is 11.8 Å². The molecule has 0 bridgehead atoms. The van der Waals surface area contributed by atoms with E-state index in [1.165, 1.54) is 12.1 Å². The van der Waals surface area contributed by atoms with Crippen LogP contribution in [-0.4, -0.2) is 51.4 Å². The van der Waals surface area contributed by atoms with Gasteiger partial charge >= 0.3 is 0 Å². The molecule has 0 aliphatic carbocycles. The number of ether oxygens (including phenoxy) is 1. The lowest BCUT2D eigenvalue weighted by molar-refractivity contribution is -0.384. The Hall–Kier alpha value is -3.66. The summed E-state index contributed by atoms with van der Waals surface area (Å²) in [7, 11) is 0. The Kier molecular flexibility index (Phi) is 7.27. The van der Waals surface area contributed by atoms with Crippen molar-refractivity contribution in [3.8, 4) is 5.75 Å². The van der Waals surface area contributed by atoms with Gasteiger partial charge < -0.3 is 9.64 Å². The molecule has 2 heterocycles. The van der Waals surface area contributed by atoms with E-state index in [9.17, 15) is 24.5 Å². The van der Waals surface area contributed by atoms with Gasteiger partial charge in [-0.3, -0.25) is 29.4 Å². The van der Waals surface area contributed by atoms with E-state index in [-0.39, 0.29) is 29.7 Å². The Labute approximate surface area is 200 Å². The number of nitro groups is 1. The van der Waals surface area contributed by atoms with Gasteiger partial charge in [-0.25, -0.2) is 0 Å². The average molecular weight is 482 g/mol. The second-order valence-electron chi connectivity index (χ2n) is 7.99. The maximum Gasteiger partial charge on any atom is 0.294 e. The molecule has 34 heavy (non-hydrogen) atoms. The summed E-state index contributed by atoms with van der Waals surface area (Å²) in [6.45, 7) is 1.31. The molecule has 0 radical (unpaired) electrons. The van der Waals surface area contributed by atoms with Gasteiger partial charge in [0.15, 0.2) is 0 Å². The van der Waals surface area contributed by atoms with Crippen LogP contribution < -0.4 is 4.74 Å². The Morgan fingerprint density at radius 2 is 1.82 bits per heavy atom. The van der Waals surface area contributed by atoms with Crippen LogP contribution in [0.3, 0.4) is 0 Å². The van der Waals surface area contributed by atoms with E-state index in [0.717, 1.165) is 41.5 Å². The van der Waals surface area contributed by atoms with Crippen molar-refractivity contribution >= 4 is 40.6 Å². The molecule has 2 aromatic carbocycles. The second kappa shape index (κ2) is 10.5. The van der Waals surface area contributed by atoms with Gasteiger partial charge in [-0.05, 0) is 72.5 Å². The molecule has 9 nitrogen and oxygen atoms in total. The predicted octanol–water partition coefficient (Wildman–Crippen LogP) is 4.22. The van der Waals surface area contributed by atoms with Crippen LogP contribution in [0.1, 0.15) is 30.4 Å². The van der Waals surface area contributed by atoms with Crippen molar-refractivity contribution in [3.63, 3.8) is 0 Å². The molecular formula is C24H23N3O6S. The van der Waals surface area contributed by atoms with Crippen LogP contribution in [0.4, 0.5) is 10.5 Å². The lowest BCUT2D eigenvalue weighted by Crippen LogP contribution is -2.44. The van der Waals surface area contributed by atoms with Crippen molar-refractivity contribution < 1.29 is 24.0 Å². The molecule has 0 saturated carbocycles. The first-order valence-corrected chi connectivity index (χ1v) is 11.7. The quantitative estimate of drug-likeness (QED) is 0.331. The van der Waals surface area contributed by atoms with Gasteiger partial charge in [0.25, 0.3) is 16.8 Å². The first-order valence-electron chi connectivity index (χ1n) is 10.9. The lowest BCUT2D eigenvalue weighted by atomic mass is 10.1. The number of imide groups is 1. The van der Waals surface area contributed by atoms with Crippen molar-refractivity contribution in [2.24, 2.45) is 0 Å². The lowest BCUT2D eigenvalue weighted by Gasteiger charge is -2.27. The monoisotopic (exact) mass is 481 g/mol. The van der Waals surface area contributed by atoms with Crippen molar-refractivity contribution in [1.29, 1.82) is 0 Å². The minimum atomic E-state index is -0.474. The average Bonchev–Trinajstić information content (AvgIpc) is 3.11. The SMILES string of the molecule is O=C(CN1C(=O)S/C(=C/c2cccc(OCc3ccc([N+](=O)[O-])cc3)c2)C1=O)N1CCCCC1. The van der Waals surface area contributed by atoms with Gasteiger partial charge in [-0.2, -0.15) is 0 Å². The molecule has 0 N–H and O–H groups in total. The molecule has 0 unspecified atom stereocenters. The number of rotatable bonds is 7. The number of hydrogen-bond donors (Lipinski definition) is 0. The third kappa shape index (κ3) is 5.63. The molecule has 10 heteroatoms. The van der Waals surface area contributed by atoms with Crippen LogP contribution in [0.5, 0.6) is 5.75 Å². The van der Waals surface area contributed by atoms with E-state index in [1.54, 1.807) is 47.4 Å². The van der Waals surface area contributed by atoms with Crippen LogP contribution in [0.2, 0.25) is 0 Å². The molecule has 2 fully saturated rings. The number of hydrogen-bond acceptors (Lipinski definition) is 7. The zero-order chi connectivity index (χ0) is 24.1. The van der Waals surface area contributed by atoms with Crippen molar-refractivity contribution in [1.82, 2.24) is 9.80 Å². The maximum absolute atomic E-state index is 12.8. The highest BCUT2D eigenvalue weighted by Gasteiger charge is 2.37. The van der Waals surface area contributed by atoms with E-state index >= 15 is 0 Å². The van der Waals surface area contributed by atoms with Gasteiger partial charge in [-0.15, -0.1) is 0 Å². The molecular weight excluding hydrogens is 458 g/mol. The zero-order valence-corrected chi connectivity index (χ0v) is 19.2. The highest BCUT2D eigenvalue weighted by Crippen LogP contribution is 2.32. The fourth-order valence-corrected chi connectivity index (χ4v) is 4.58. The number of nitro benzene ring substituents is 1. The number of carbonyl (C=O) groups is 3. The molecule has 176 valence electrons. The van der Waals surface area contributed by atoms with Gasteiger partial charge in [-0.1, -0.05) is 12.1 Å². The molecule has 4 rings (SSSR count). The van der Waals surface area contributed by atoms with E-state index in [1.807, 2.05) is 0 Å². The Morgan fingerprint density at radius 1 is 1.09 bits per heavy atom. The van der Waals surface area contributed by atoms with Gasteiger partial charge in [0.1, 0.15) is 18.9 Å². The number of likely N-dealkylation sites (tertiary alicyclic amines) is 1. The normalized spacial score (nSPS) is 17.4. The minimum Gasteiger partial charge on any atom is -0.489 e. The number of nitrogens with zero attached hydrogens (tertiary/aromatic N) is 3. The number of non-ortho nitro benzene ring substituents is 1. The summed E-state index contributed by atoms with van der Waals surface area (Å²) >= 11 is 0.817. The van der Waals surface area contributed by atoms with Crippen molar-refractivity contribution in [2.45, 2.75) is 25.9 Å². The fraction of sp³-hybridized carbons (Fsp3) is 0.292. The van der Waals surface area contributed by atoms with Crippen molar-refractivity contribution in [2.75, 3.05) is 19.6 Å². The molecule has 2 saturated heterocycles. The minimum absolute atomic E-state index is 0.0114. The first kappa shape index (κ1) is 23.5. The van der Waals surface area contributed by atoms with Crippen LogP contribution in [0, 0.1) is 10.1 Å². The summed E-state index contributed by atoms with van der Waals surface area (Å²) in [5, 5.41) is 10.3. The van der Waals surface area contributed by atoms with E-state index in [2.05, 4.69) is 0 Å². The molecule has 2 aliphatic heterocycles. The van der Waals surface area contributed by atoms with Gasteiger partial charge in [0.2, 0.25) is 5.91 Å². The maximum atomic E-state index is 12.8. The van der Waals surface area contributed by atoms with E-state index in [4.69, 9.17) is 4.74 Å². The van der Waals surface area contributed by atoms with Crippen LogP contribution in [-0.2, 0) is 16.2 Å². The van der Waals surface area contributed by atoms with Gasteiger partial charge in [0.05, 0.1) is 9.83 Å². The molecule has 3 amide bonds. The van der Waals surface area contributed by atoms with E-state index < -0.39 is 16.1 Å². The summed E-state index contributed by atoms with van der Waals surface area (Å²) in [5.74, 6) is -0.131. The zero-order valence-electron chi connectivity index (χ0n) is 18.3. The summed E-state index contributed by atoms with van der Waals surface area (Å²) in [6, 6.07) is 13.1. The predicted molar refractivity (Wildman–Crippen MR) is 127 cm³/mol. The largest absolute Gasteiger partial charge is 0.489 e. The first-order chi connectivity index (χ1) is 16.4. The van der Waals surface area contributed by atoms with Crippen LogP contribution in [0.25, 0.3) is 6.08 Å². The van der Waals surface area contributed by atoms with Gasteiger partial charge in [0, 0.05) is 25.2 Å². The summed E-state index contributed by atoms with van der Waals surface area (Å²) in [5.41, 5.74) is 1.46. The second-order valence-corrected chi connectivity index (χ2v) is 8.99. The molecule has 0 spiro atoms. The summed E-state index contributed by atoms with van der Waals surface area (Å²) in [6.07, 6.45) is 4.58. The Bertz CT molecular complexity index is 1140. The summed E-state index contributed by atoms with van der Waals surface area (Å²) in [4.78, 5) is 50.9. The topological polar surface area (TPSA) is 110 Å². The molecule has 0 aromatic heterocycles. The Balaban J connectivity index is 1.39. The third-order valence-corrected chi connectivity index (χ3v) is 6.49. The van der Waals surface area contributed by atoms with E-state index in [0.29, 0.717) is 24.4 Å². The molecule has 2 aromatic rings. The standard InChI is InChI=1S/C24H23N3O6S/c28-22(25-11-2-1-3-12-25)15-26-23(29)21(34-24(26)30)14-18-5-4-6-20(13-18)33-16-17-7-9-19(10-8-17)27(31)32/h4-10,13-14H,1-3,11-12,15-16H2/b21-14+. The number of amides is 3. The molecule has 0 atom stereocenters. The van der Waals surface area contributed by atoms with Crippen LogP contribution in [0.15, 0.2) is 53.4 Å².